The van der Waals surface area contributed by atoms with Crippen LogP contribution < -0.4 is 0 Å². The molecule has 0 radical (unpaired) electrons. The van der Waals surface area contributed by atoms with Gasteiger partial charge in [-0.3, -0.25) is 0 Å². The Hall–Kier alpha value is 0. The van der Waals surface area contributed by atoms with Crippen LogP contribution in [-0.2, 0) is 0 Å². The minimum atomic E-state index is 0.903. The predicted molar refractivity (Wildman–Crippen MR) is 80.4 cm³/mol. The molecule has 0 fully saturated rings. The lowest BCUT2D eigenvalue weighted by Gasteiger charge is -2.27. The average Bonchev–Trinajstić information content (AvgIpc) is 2.36. The van der Waals surface area contributed by atoms with Gasteiger partial charge in [-0.05, 0) is 17.8 Å². The van der Waals surface area contributed by atoms with E-state index in [1.807, 2.05) is 0 Å². The van der Waals surface area contributed by atoms with Crippen LogP contribution in [0.25, 0.3) is 0 Å². The van der Waals surface area contributed by atoms with Gasteiger partial charge in [0.15, 0.2) is 0 Å². The molecule has 3 unspecified atom stereocenters. The van der Waals surface area contributed by atoms with Crippen molar-refractivity contribution in [2.45, 2.75) is 92.4 Å². The van der Waals surface area contributed by atoms with E-state index in [2.05, 4.69) is 34.6 Å². The normalized spacial score (nSPS) is 16.8. The highest BCUT2D eigenvalue weighted by molar-refractivity contribution is 4.70. The first-order valence-corrected chi connectivity index (χ1v) is 8.17. The summed E-state index contributed by atoms with van der Waals surface area (Å²) in [7, 11) is 0. The molecule has 0 N–H and O–H groups in total. The topological polar surface area (TPSA) is 0 Å². The Kier molecular flexibility index (Phi) is 11.1. The zero-order valence-corrected chi connectivity index (χ0v) is 13.1. The van der Waals surface area contributed by atoms with Crippen LogP contribution in [0, 0.1) is 17.8 Å². The van der Waals surface area contributed by atoms with Crippen LogP contribution in [0.15, 0.2) is 0 Å². The van der Waals surface area contributed by atoms with Crippen molar-refractivity contribution < 1.29 is 0 Å². The van der Waals surface area contributed by atoms with Gasteiger partial charge in [0.05, 0.1) is 0 Å². The Morgan fingerprint density at radius 3 is 1.82 bits per heavy atom. The molecule has 0 bridgehead atoms. The third-order valence-corrected chi connectivity index (χ3v) is 4.74. The second-order valence-corrected chi connectivity index (χ2v) is 5.97. The second kappa shape index (κ2) is 11.1. The number of hydrogen-bond donors (Lipinski definition) is 0. The second-order valence-electron chi connectivity index (χ2n) is 5.97. The van der Waals surface area contributed by atoms with E-state index in [9.17, 15) is 0 Å². The van der Waals surface area contributed by atoms with E-state index in [0.717, 1.165) is 17.8 Å². The van der Waals surface area contributed by atoms with E-state index in [-0.39, 0.29) is 0 Å². The van der Waals surface area contributed by atoms with Gasteiger partial charge in [0.25, 0.3) is 0 Å². The van der Waals surface area contributed by atoms with E-state index >= 15 is 0 Å². The van der Waals surface area contributed by atoms with Gasteiger partial charge < -0.3 is 0 Å². The Bertz CT molecular complexity index is 150. The molecule has 0 saturated carbocycles. The molecule has 0 aliphatic heterocycles. The molecule has 0 saturated heterocycles. The zero-order valence-electron chi connectivity index (χ0n) is 13.1. The summed E-state index contributed by atoms with van der Waals surface area (Å²) >= 11 is 0. The van der Waals surface area contributed by atoms with Crippen LogP contribution in [0.2, 0.25) is 0 Å². The van der Waals surface area contributed by atoms with Crippen LogP contribution in [0.5, 0.6) is 0 Å². The van der Waals surface area contributed by atoms with Crippen LogP contribution in [-0.4, -0.2) is 0 Å². The van der Waals surface area contributed by atoms with E-state index in [4.69, 9.17) is 0 Å². The molecule has 104 valence electrons. The van der Waals surface area contributed by atoms with Gasteiger partial charge in [-0.2, -0.15) is 0 Å². The molecular weight excluding hydrogens is 204 g/mol. The van der Waals surface area contributed by atoms with Crippen molar-refractivity contribution in [3.63, 3.8) is 0 Å². The fraction of sp³-hybridized carbons (Fsp3) is 1.00. The third-order valence-electron chi connectivity index (χ3n) is 4.74. The molecule has 0 aromatic carbocycles. The molecule has 0 aliphatic carbocycles. The van der Waals surface area contributed by atoms with Gasteiger partial charge in [-0.25, -0.2) is 0 Å². The summed E-state index contributed by atoms with van der Waals surface area (Å²) in [6.45, 7) is 11.9. The lowest BCUT2D eigenvalue weighted by molar-refractivity contribution is 0.231. The minimum absolute atomic E-state index is 0.903. The van der Waals surface area contributed by atoms with Crippen LogP contribution >= 0.6 is 0 Å². The summed E-state index contributed by atoms with van der Waals surface area (Å²) in [4.78, 5) is 0. The molecule has 0 aliphatic rings. The molecule has 0 heteroatoms. The predicted octanol–water partition coefficient (Wildman–Crippen LogP) is 6.45. The molecule has 0 nitrogen and oxygen atoms in total. The van der Waals surface area contributed by atoms with Crippen LogP contribution in [0.1, 0.15) is 92.4 Å². The van der Waals surface area contributed by atoms with Crippen molar-refractivity contribution in [1.29, 1.82) is 0 Å². The summed E-state index contributed by atoms with van der Waals surface area (Å²) in [6, 6.07) is 0. The monoisotopic (exact) mass is 240 g/mol. The van der Waals surface area contributed by atoms with Gasteiger partial charge >= 0.3 is 0 Å². The van der Waals surface area contributed by atoms with E-state index in [1.165, 1.54) is 57.8 Å². The van der Waals surface area contributed by atoms with Crippen molar-refractivity contribution in [3.8, 4) is 0 Å². The maximum atomic E-state index is 2.47. The highest BCUT2D eigenvalue weighted by Crippen LogP contribution is 2.29. The fourth-order valence-corrected chi connectivity index (χ4v) is 2.86. The summed E-state index contributed by atoms with van der Waals surface area (Å²) < 4.78 is 0. The van der Waals surface area contributed by atoms with Crippen molar-refractivity contribution in [2.75, 3.05) is 0 Å². The highest BCUT2D eigenvalue weighted by atomic mass is 14.2. The number of hydrogen-bond acceptors (Lipinski definition) is 0. The standard InChI is InChI=1S/C17H36/c1-6-9-10-11-12-13-14-17(8-3)16(5)15(4)7-2/h15-17H,6-14H2,1-5H3. The maximum absolute atomic E-state index is 2.47. The van der Waals surface area contributed by atoms with Gasteiger partial charge in [0.1, 0.15) is 0 Å². The third kappa shape index (κ3) is 7.84. The molecular formula is C17H36. The average molecular weight is 240 g/mol. The molecule has 0 heterocycles. The quantitative estimate of drug-likeness (QED) is 0.364. The molecule has 0 rings (SSSR count). The molecule has 0 aromatic rings. The Balaban J connectivity index is 3.67. The molecule has 0 aromatic heterocycles. The first-order chi connectivity index (χ1) is 8.17. The smallest absolute Gasteiger partial charge is 0.0389 e. The highest BCUT2D eigenvalue weighted by Gasteiger charge is 2.19. The largest absolute Gasteiger partial charge is 0.0654 e. The molecule has 3 atom stereocenters. The van der Waals surface area contributed by atoms with Gasteiger partial charge in [0.2, 0.25) is 0 Å². The first kappa shape index (κ1) is 17.0. The summed E-state index contributed by atoms with van der Waals surface area (Å²) in [5.74, 6) is 2.79. The lowest BCUT2D eigenvalue weighted by atomic mass is 9.78. The SMILES string of the molecule is CCCCCCCCC(CC)C(C)C(C)CC. The van der Waals surface area contributed by atoms with E-state index in [1.54, 1.807) is 0 Å². The van der Waals surface area contributed by atoms with E-state index < -0.39 is 0 Å². The maximum Gasteiger partial charge on any atom is -0.0389 e. The molecule has 0 spiro atoms. The molecule has 0 amide bonds. The number of rotatable bonds is 11. The van der Waals surface area contributed by atoms with Gasteiger partial charge in [0, 0.05) is 0 Å². The van der Waals surface area contributed by atoms with Crippen LogP contribution in [0.3, 0.4) is 0 Å². The van der Waals surface area contributed by atoms with Gasteiger partial charge in [-0.1, -0.05) is 92.4 Å². The van der Waals surface area contributed by atoms with E-state index in [0.29, 0.717) is 0 Å². The van der Waals surface area contributed by atoms with Crippen molar-refractivity contribution >= 4 is 0 Å². The summed E-state index contributed by atoms with van der Waals surface area (Å²) in [5.41, 5.74) is 0. The molecule has 17 heavy (non-hydrogen) atoms. The van der Waals surface area contributed by atoms with Crippen molar-refractivity contribution in [1.82, 2.24) is 0 Å². The Morgan fingerprint density at radius 2 is 1.29 bits per heavy atom. The number of unbranched alkanes of at least 4 members (excludes halogenated alkanes) is 5. The fourth-order valence-electron chi connectivity index (χ4n) is 2.86. The lowest BCUT2D eigenvalue weighted by Crippen LogP contribution is -2.18. The zero-order chi connectivity index (χ0) is 13.1. The summed E-state index contributed by atoms with van der Waals surface area (Å²) in [5, 5.41) is 0. The summed E-state index contributed by atoms with van der Waals surface area (Å²) in [6.07, 6.45) is 12.8. The Morgan fingerprint density at radius 1 is 0.706 bits per heavy atom. The first-order valence-electron chi connectivity index (χ1n) is 8.17. The Labute approximate surface area is 111 Å². The van der Waals surface area contributed by atoms with Crippen molar-refractivity contribution in [2.24, 2.45) is 17.8 Å². The minimum Gasteiger partial charge on any atom is -0.0654 e. The van der Waals surface area contributed by atoms with Crippen molar-refractivity contribution in [3.05, 3.63) is 0 Å². The van der Waals surface area contributed by atoms with Crippen LogP contribution in [0.4, 0.5) is 0 Å². The van der Waals surface area contributed by atoms with Gasteiger partial charge in [-0.15, -0.1) is 0 Å².